The summed E-state index contributed by atoms with van der Waals surface area (Å²) in [6.07, 6.45) is 38.7. The first-order chi connectivity index (χ1) is 17.7. The highest BCUT2D eigenvalue weighted by Crippen LogP contribution is 2.17. The molecule has 0 saturated carbocycles. The Morgan fingerprint density at radius 2 is 0.500 bits per heavy atom. The molecule has 0 aromatic rings. The Balaban J connectivity index is 3.40. The molecule has 0 amide bonds. The smallest absolute Gasteiger partial charge is 0.0783 e. The van der Waals surface area contributed by atoms with Crippen LogP contribution in [0, 0.1) is 5.21 Å². The van der Waals surface area contributed by atoms with Crippen LogP contribution in [0.3, 0.4) is 0 Å². The molecule has 0 heterocycles. The highest BCUT2D eigenvalue weighted by molar-refractivity contribution is 4.53. The molecule has 0 aromatic heterocycles. The standard InChI is InChI=1S/C34H71NO/c1-4-7-9-11-13-15-17-19-20-21-22-24-26-28-30-32-34-35(36,6-3)33-31-29-27-25-23-18-16-14-12-10-8-5-2/h4-34H2,1-3H3. The predicted octanol–water partition coefficient (Wildman–Crippen LogP) is 12.3. The largest absolute Gasteiger partial charge is 0.633 e. The molecule has 0 radical (unpaired) electrons. The van der Waals surface area contributed by atoms with Crippen LogP contribution in [0.4, 0.5) is 0 Å². The molecular formula is C34H71NO. The molecule has 218 valence electrons. The Morgan fingerprint density at radius 1 is 0.306 bits per heavy atom. The van der Waals surface area contributed by atoms with Crippen molar-refractivity contribution < 1.29 is 4.65 Å². The molecule has 0 spiro atoms. The summed E-state index contributed by atoms with van der Waals surface area (Å²) in [5, 5.41) is 13.0. The first-order valence-corrected chi connectivity index (χ1v) is 17.3. The SMILES string of the molecule is CCCCCCCCCCCCCCCCCC[N+]([O-])(CC)CCCCCCCCCCCCCC. The fraction of sp³-hybridized carbons (Fsp3) is 1.00. The number of unbranched alkanes of at least 4 members (excludes halogenated alkanes) is 26. The van der Waals surface area contributed by atoms with Crippen LogP contribution in [-0.4, -0.2) is 24.3 Å². The van der Waals surface area contributed by atoms with Crippen LogP contribution >= 0.6 is 0 Å². The van der Waals surface area contributed by atoms with E-state index in [0.29, 0.717) is 0 Å². The third-order valence-electron chi connectivity index (χ3n) is 8.41. The van der Waals surface area contributed by atoms with Crippen molar-refractivity contribution in [3.63, 3.8) is 0 Å². The molecule has 2 heteroatoms. The number of hydrogen-bond donors (Lipinski definition) is 0. The van der Waals surface area contributed by atoms with Crippen LogP contribution in [0.25, 0.3) is 0 Å². The molecule has 1 atom stereocenters. The van der Waals surface area contributed by atoms with Crippen LogP contribution in [0.15, 0.2) is 0 Å². The van der Waals surface area contributed by atoms with E-state index >= 15 is 0 Å². The van der Waals surface area contributed by atoms with Gasteiger partial charge in [0, 0.05) is 0 Å². The van der Waals surface area contributed by atoms with Gasteiger partial charge in [0.15, 0.2) is 0 Å². The lowest BCUT2D eigenvalue weighted by atomic mass is 10.0. The van der Waals surface area contributed by atoms with Gasteiger partial charge in [-0.3, -0.25) is 0 Å². The lowest BCUT2D eigenvalue weighted by molar-refractivity contribution is -0.879. The number of hydroxylamine groups is 3. The van der Waals surface area contributed by atoms with Crippen LogP contribution in [-0.2, 0) is 0 Å². The zero-order valence-electron chi connectivity index (χ0n) is 25.8. The Kier molecular flexibility index (Phi) is 29.4. The number of nitrogens with zero attached hydrogens (tertiary/aromatic N) is 1. The van der Waals surface area contributed by atoms with Gasteiger partial charge in [-0.05, 0) is 32.6 Å². The molecule has 0 aliphatic heterocycles. The highest BCUT2D eigenvalue weighted by Gasteiger charge is 2.13. The van der Waals surface area contributed by atoms with E-state index in [9.17, 15) is 5.21 Å². The average Bonchev–Trinajstić information content (AvgIpc) is 2.89. The van der Waals surface area contributed by atoms with E-state index in [4.69, 9.17) is 0 Å². The van der Waals surface area contributed by atoms with Crippen LogP contribution in [0.1, 0.15) is 201 Å². The van der Waals surface area contributed by atoms with Gasteiger partial charge in [-0.25, -0.2) is 0 Å². The van der Waals surface area contributed by atoms with Gasteiger partial charge in [-0.1, -0.05) is 168 Å². The molecule has 0 bridgehead atoms. The van der Waals surface area contributed by atoms with Crippen LogP contribution < -0.4 is 0 Å². The topological polar surface area (TPSA) is 23.1 Å². The second kappa shape index (κ2) is 29.5. The van der Waals surface area contributed by atoms with Gasteiger partial charge in [-0.2, -0.15) is 0 Å². The lowest BCUT2D eigenvalue weighted by Gasteiger charge is -2.42. The molecule has 0 aliphatic carbocycles. The molecule has 2 nitrogen and oxygen atoms in total. The molecule has 1 unspecified atom stereocenters. The molecule has 36 heavy (non-hydrogen) atoms. The minimum atomic E-state index is 0.0658. The molecule has 0 N–H and O–H groups in total. The van der Waals surface area contributed by atoms with Crippen molar-refractivity contribution >= 4 is 0 Å². The van der Waals surface area contributed by atoms with E-state index in [1.165, 1.54) is 167 Å². The Bertz CT molecular complexity index is 399. The van der Waals surface area contributed by atoms with Crippen molar-refractivity contribution in [2.75, 3.05) is 19.6 Å². The van der Waals surface area contributed by atoms with Crippen molar-refractivity contribution in [1.29, 1.82) is 0 Å². The van der Waals surface area contributed by atoms with Crippen molar-refractivity contribution in [2.45, 2.75) is 201 Å². The summed E-state index contributed by atoms with van der Waals surface area (Å²) >= 11 is 0. The maximum Gasteiger partial charge on any atom is 0.0783 e. The average molecular weight is 510 g/mol. The number of rotatable bonds is 31. The van der Waals surface area contributed by atoms with Gasteiger partial charge in [0.1, 0.15) is 0 Å². The van der Waals surface area contributed by atoms with Crippen molar-refractivity contribution in [3.8, 4) is 0 Å². The Labute approximate surface area is 230 Å². The third-order valence-corrected chi connectivity index (χ3v) is 8.41. The van der Waals surface area contributed by atoms with Gasteiger partial charge >= 0.3 is 0 Å². The predicted molar refractivity (Wildman–Crippen MR) is 165 cm³/mol. The third kappa shape index (κ3) is 27.0. The van der Waals surface area contributed by atoms with E-state index in [-0.39, 0.29) is 4.65 Å². The Morgan fingerprint density at radius 3 is 0.694 bits per heavy atom. The van der Waals surface area contributed by atoms with E-state index in [1.54, 1.807) is 0 Å². The van der Waals surface area contributed by atoms with E-state index in [0.717, 1.165) is 32.5 Å². The monoisotopic (exact) mass is 510 g/mol. The second-order valence-corrected chi connectivity index (χ2v) is 12.0. The Hall–Kier alpha value is -0.0800. The van der Waals surface area contributed by atoms with Crippen molar-refractivity contribution in [1.82, 2.24) is 0 Å². The number of quaternary nitrogens is 1. The normalized spacial score (nSPS) is 13.3. The minimum Gasteiger partial charge on any atom is -0.633 e. The first kappa shape index (κ1) is 35.9. The summed E-state index contributed by atoms with van der Waals surface area (Å²) in [4.78, 5) is 0. The quantitative estimate of drug-likeness (QED) is 0.0517. The second-order valence-electron chi connectivity index (χ2n) is 12.0. The fourth-order valence-electron chi connectivity index (χ4n) is 5.62. The summed E-state index contributed by atoms with van der Waals surface area (Å²) in [6.45, 7) is 9.15. The number of hydrogen-bond acceptors (Lipinski definition) is 1. The summed E-state index contributed by atoms with van der Waals surface area (Å²) in [6, 6.07) is 0. The molecule has 0 rings (SSSR count). The maximum atomic E-state index is 13.0. The lowest BCUT2D eigenvalue weighted by Crippen LogP contribution is -2.43. The van der Waals surface area contributed by atoms with Crippen molar-refractivity contribution in [2.24, 2.45) is 0 Å². The first-order valence-electron chi connectivity index (χ1n) is 17.3. The van der Waals surface area contributed by atoms with Crippen LogP contribution in [0.2, 0.25) is 0 Å². The minimum absolute atomic E-state index is 0.0658. The summed E-state index contributed by atoms with van der Waals surface area (Å²) in [5.74, 6) is 0. The fourth-order valence-corrected chi connectivity index (χ4v) is 5.62. The zero-order chi connectivity index (χ0) is 26.4. The van der Waals surface area contributed by atoms with Crippen LogP contribution in [0.5, 0.6) is 0 Å². The van der Waals surface area contributed by atoms with E-state index in [2.05, 4.69) is 20.8 Å². The summed E-state index contributed by atoms with van der Waals surface area (Å²) in [7, 11) is 0. The zero-order valence-corrected chi connectivity index (χ0v) is 25.8. The molecular weight excluding hydrogens is 438 g/mol. The van der Waals surface area contributed by atoms with Gasteiger partial charge in [0.2, 0.25) is 0 Å². The van der Waals surface area contributed by atoms with Gasteiger partial charge in [0.25, 0.3) is 0 Å². The molecule has 0 saturated heterocycles. The van der Waals surface area contributed by atoms with Gasteiger partial charge in [0.05, 0.1) is 19.6 Å². The van der Waals surface area contributed by atoms with Gasteiger partial charge < -0.3 is 9.85 Å². The van der Waals surface area contributed by atoms with Gasteiger partial charge in [-0.15, -0.1) is 0 Å². The van der Waals surface area contributed by atoms with Crippen molar-refractivity contribution in [3.05, 3.63) is 5.21 Å². The summed E-state index contributed by atoms with van der Waals surface area (Å²) in [5.41, 5.74) is 0. The molecule has 0 aliphatic rings. The maximum absolute atomic E-state index is 13.0. The van der Waals surface area contributed by atoms with E-state index < -0.39 is 0 Å². The molecule has 0 fully saturated rings. The van der Waals surface area contributed by atoms with E-state index in [1.807, 2.05) is 0 Å². The molecule has 0 aromatic carbocycles. The highest BCUT2D eigenvalue weighted by atomic mass is 16.5. The summed E-state index contributed by atoms with van der Waals surface area (Å²) < 4.78 is 0.0658.